The van der Waals surface area contributed by atoms with E-state index in [0.717, 1.165) is 51.4 Å². The SMILES string of the molecule is CCCCC(CC)C(=O)OCCOCCOCCOCCOCCOCCOCCOCCOCCOCCOCCOCCOCCOC(=O)C(CC)CCCC. The van der Waals surface area contributed by atoms with E-state index in [1.54, 1.807) is 0 Å². The lowest BCUT2D eigenvalue weighted by molar-refractivity contribution is -0.151. The number of ether oxygens (including phenoxy) is 14. The first-order valence-electron chi connectivity index (χ1n) is 21.9. The van der Waals surface area contributed by atoms with Crippen LogP contribution in [0.3, 0.4) is 0 Å². The summed E-state index contributed by atoms with van der Waals surface area (Å²) in [6.07, 6.45) is 7.64. The van der Waals surface area contributed by atoms with Gasteiger partial charge >= 0.3 is 11.9 Å². The maximum Gasteiger partial charge on any atom is 0.308 e. The number of hydrogen-bond acceptors (Lipinski definition) is 16. The molecule has 16 nitrogen and oxygen atoms in total. The zero-order chi connectivity index (χ0) is 42.3. The highest BCUT2D eigenvalue weighted by Crippen LogP contribution is 2.15. The highest BCUT2D eigenvalue weighted by atomic mass is 16.6. The lowest BCUT2D eigenvalue weighted by Crippen LogP contribution is -2.20. The molecule has 346 valence electrons. The fourth-order valence-electron chi connectivity index (χ4n) is 5.04. The smallest absolute Gasteiger partial charge is 0.308 e. The maximum atomic E-state index is 12.0. The molecule has 0 bridgehead atoms. The first-order chi connectivity index (χ1) is 28.6. The van der Waals surface area contributed by atoms with Crippen LogP contribution in [0.15, 0.2) is 0 Å². The Kier molecular flexibility index (Phi) is 46.9. The largest absolute Gasteiger partial charge is 0.463 e. The van der Waals surface area contributed by atoms with Gasteiger partial charge in [-0.15, -0.1) is 0 Å². The molecule has 2 unspecified atom stereocenters. The van der Waals surface area contributed by atoms with Crippen LogP contribution in [0.2, 0.25) is 0 Å². The van der Waals surface area contributed by atoms with E-state index in [4.69, 9.17) is 66.3 Å². The summed E-state index contributed by atoms with van der Waals surface area (Å²) >= 11 is 0. The fourth-order valence-corrected chi connectivity index (χ4v) is 5.04. The van der Waals surface area contributed by atoms with Crippen molar-refractivity contribution in [1.82, 2.24) is 0 Å². The average Bonchev–Trinajstić information content (AvgIpc) is 3.23. The Bertz CT molecular complexity index is 773. The Morgan fingerprint density at radius 3 is 0.621 bits per heavy atom. The summed E-state index contributed by atoms with van der Waals surface area (Å²) in [6.45, 7) is 20.1. The Morgan fingerprint density at radius 2 is 0.466 bits per heavy atom. The van der Waals surface area contributed by atoms with Crippen LogP contribution in [-0.4, -0.2) is 184 Å². The minimum atomic E-state index is -0.124. The predicted molar refractivity (Wildman–Crippen MR) is 218 cm³/mol. The molecule has 0 rings (SSSR count). The molecule has 0 saturated heterocycles. The third-order valence-corrected chi connectivity index (χ3v) is 8.50. The van der Waals surface area contributed by atoms with Crippen molar-refractivity contribution >= 4 is 11.9 Å². The maximum absolute atomic E-state index is 12.0. The predicted octanol–water partition coefficient (Wildman–Crippen LogP) is 4.70. The molecule has 0 heterocycles. The van der Waals surface area contributed by atoms with Crippen molar-refractivity contribution in [2.45, 2.75) is 79.1 Å². The van der Waals surface area contributed by atoms with Gasteiger partial charge in [0, 0.05) is 0 Å². The molecule has 0 aliphatic rings. The molecule has 0 aromatic rings. The van der Waals surface area contributed by atoms with E-state index >= 15 is 0 Å². The van der Waals surface area contributed by atoms with E-state index in [1.807, 2.05) is 13.8 Å². The zero-order valence-corrected chi connectivity index (χ0v) is 36.7. The minimum Gasteiger partial charge on any atom is -0.463 e. The third kappa shape index (κ3) is 41.2. The van der Waals surface area contributed by atoms with E-state index in [1.165, 1.54) is 0 Å². The van der Waals surface area contributed by atoms with E-state index in [2.05, 4.69) is 13.8 Å². The number of esters is 2. The molecule has 58 heavy (non-hydrogen) atoms. The van der Waals surface area contributed by atoms with Gasteiger partial charge in [-0.3, -0.25) is 9.59 Å². The summed E-state index contributed by atoms with van der Waals surface area (Å²) in [7, 11) is 0. The topological polar surface area (TPSA) is 163 Å². The second kappa shape index (κ2) is 48.1. The van der Waals surface area contributed by atoms with Crippen LogP contribution in [0.5, 0.6) is 0 Å². The second-order valence-electron chi connectivity index (χ2n) is 13.2. The van der Waals surface area contributed by atoms with E-state index < -0.39 is 0 Å². The third-order valence-electron chi connectivity index (χ3n) is 8.50. The van der Waals surface area contributed by atoms with Crippen LogP contribution >= 0.6 is 0 Å². The Hall–Kier alpha value is -1.54. The molecule has 16 heteroatoms. The number of unbranched alkanes of at least 4 members (excludes halogenated alkanes) is 2. The Morgan fingerprint density at radius 1 is 0.293 bits per heavy atom. The van der Waals surface area contributed by atoms with Crippen LogP contribution < -0.4 is 0 Å². The van der Waals surface area contributed by atoms with E-state index in [9.17, 15) is 9.59 Å². The van der Waals surface area contributed by atoms with Crippen molar-refractivity contribution in [1.29, 1.82) is 0 Å². The quantitative estimate of drug-likeness (QED) is 0.0611. The molecule has 0 amide bonds. The molecule has 2 atom stereocenters. The summed E-state index contributed by atoms with van der Waals surface area (Å²) < 4.78 is 76.4. The summed E-state index contributed by atoms with van der Waals surface area (Å²) in [6, 6.07) is 0. The Balaban J connectivity index is 3.19. The van der Waals surface area contributed by atoms with E-state index in [0.29, 0.717) is 159 Å². The van der Waals surface area contributed by atoms with Crippen LogP contribution in [0.25, 0.3) is 0 Å². The van der Waals surface area contributed by atoms with Gasteiger partial charge < -0.3 is 66.3 Å². The zero-order valence-electron chi connectivity index (χ0n) is 36.7. The molecule has 0 aliphatic heterocycles. The average molecular weight is 843 g/mol. The van der Waals surface area contributed by atoms with Gasteiger partial charge in [0.2, 0.25) is 0 Å². The second-order valence-corrected chi connectivity index (χ2v) is 13.2. The lowest BCUT2D eigenvalue weighted by Gasteiger charge is -2.13. The molecule has 0 aromatic heterocycles. The van der Waals surface area contributed by atoms with Gasteiger partial charge in [0.05, 0.1) is 170 Å². The molecule has 0 N–H and O–H groups in total. The van der Waals surface area contributed by atoms with Crippen LogP contribution in [-0.2, 0) is 75.9 Å². The van der Waals surface area contributed by atoms with Crippen LogP contribution in [0.1, 0.15) is 79.1 Å². The van der Waals surface area contributed by atoms with Gasteiger partial charge in [-0.1, -0.05) is 53.4 Å². The van der Waals surface area contributed by atoms with Crippen molar-refractivity contribution in [3.8, 4) is 0 Å². The number of carbonyl (C=O) groups excluding carboxylic acids is 2. The van der Waals surface area contributed by atoms with Gasteiger partial charge in [0.1, 0.15) is 13.2 Å². The van der Waals surface area contributed by atoms with Gasteiger partial charge in [-0.2, -0.15) is 0 Å². The first kappa shape index (κ1) is 56.5. The van der Waals surface area contributed by atoms with Gasteiger partial charge in [-0.25, -0.2) is 0 Å². The highest BCUT2D eigenvalue weighted by Gasteiger charge is 2.18. The van der Waals surface area contributed by atoms with Crippen molar-refractivity contribution in [2.24, 2.45) is 11.8 Å². The molecule has 0 saturated carbocycles. The van der Waals surface area contributed by atoms with Crippen molar-refractivity contribution < 1.29 is 75.9 Å². The summed E-state index contributed by atoms with van der Waals surface area (Å²) in [5.41, 5.74) is 0. The molecule has 0 fully saturated rings. The standard InChI is InChI=1S/C42H82O16/c1-5-9-11-39(7-3)41(43)57-37-35-55-33-31-53-29-27-51-25-23-49-21-19-47-17-15-45-13-14-46-16-18-48-20-22-50-24-26-52-28-30-54-32-34-56-36-38-58-42(44)40(8-4)12-10-6-2/h39-40H,5-38H2,1-4H3. The molecule has 0 aromatic carbocycles. The normalized spacial score (nSPS) is 12.6. The highest BCUT2D eigenvalue weighted by molar-refractivity contribution is 5.72. The fraction of sp³-hybridized carbons (Fsp3) is 0.952. The monoisotopic (exact) mass is 843 g/mol. The molecule has 0 aliphatic carbocycles. The molecule has 0 spiro atoms. The van der Waals surface area contributed by atoms with Gasteiger partial charge in [-0.05, 0) is 25.7 Å². The van der Waals surface area contributed by atoms with Crippen molar-refractivity contribution in [2.75, 3.05) is 172 Å². The van der Waals surface area contributed by atoms with Crippen molar-refractivity contribution in [3.63, 3.8) is 0 Å². The van der Waals surface area contributed by atoms with Gasteiger partial charge in [0.15, 0.2) is 0 Å². The summed E-state index contributed by atoms with van der Waals surface area (Å²) in [4.78, 5) is 24.1. The minimum absolute atomic E-state index is 0.00879. The van der Waals surface area contributed by atoms with Crippen LogP contribution in [0, 0.1) is 11.8 Å². The Labute approximate surface area is 350 Å². The number of carbonyl (C=O) groups is 2. The number of hydrogen-bond donors (Lipinski definition) is 0. The van der Waals surface area contributed by atoms with E-state index in [-0.39, 0.29) is 37.0 Å². The molecule has 0 radical (unpaired) electrons. The van der Waals surface area contributed by atoms with Crippen LogP contribution in [0.4, 0.5) is 0 Å². The summed E-state index contributed by atoms with van der Waals surface area (Å²) in [5.74, 6) is -0.265. The summed E-state index contributed by atoms with van der Waals surface area (Å²) in [5, 5.41) is 0. The lowest BCUT2D eigenvalue weighted by atomic mass is 10.00. The first-order valence-corrected chi connectivity index (χ1v) is 21.9. The molecular weight excluding hydrogens is 760 g/mol. The number of rotatable bonds is 49. The van der Waals surface area contributed by atoms with Crippen molar-refractivity contribution in [3.05, 3.63) is 0 Å². The van der Waals surface area contributed by atoms with Gasteiger partial charge in [0.25, 0.3) is 0 Å². The molecular formula is C42H82O16.